The van der Waals surface area contributed by atoms with E-state index in [1.54, 1.807) is 0 Å². The Bertz CT molecular complexity index is 684. The summed E-state index contributed by atoms with van der Waals surface area (Å²) in [6.45, 7) is 7.73. The Hall–Kier alpha value is -2.08. The maximum absolute atomic E-state index is 13.0. The first-order valence-corrected chi connectivity index (χ1v) is 11.6. The Kier molecular flexibility index (Phi) is 10.1. The van der Waals surface area contributed by atoms with Crippen LogP contribution in [0.2, 0.25) is 0 Å². The normalized spacial score (nSPS) is 14.8. The van der Waals surface area contributed by atoms with Gasteiger partial charge in [-0.1, -0.05) is 26.7 Å². The molecule has 1 saturated heterocycles. The van der Waals surface area contributed by atoms with Crippen molar-refractivity contribution in [3.05, 3.63) is 23.8 Å². The number of nitrogens with zero attached hydrogens (tertiary/aromatic N) is 2. The van der Waals surface area contributed by atoms with Crippen LogP contribution in [0.15, 0.2) is 18.2 Å². The molecule has 0 saturated carbocycles. The van der Waals surface area contributed by atoms with Crippen molar-refractivity contribution < 1.29 is 9.59 Å². The van der Waals surface area contributed by atoms with E-state index >= 15 is 0 Å². The second-order valence-electron chi connectivity index (χ2n) is 8.58. The van der Waals surface area contributed by atoms with E-state index in [0.29, 0.717) is 17.8 Å². The van der Waals surface area contributed by atoms with Crippen molar-refractivity contribution in [3.8, 4) is 0 Å². The van der Waals surface area contributed by atoms with Crippen molar-refractivity contribution in [3.63, 3.8) is 0 Å². The second-order valence-corrected chi connectivity index (χ2v) is 8.58. The van der Waals surface area contributed by atoms with E-state index in [1.807, 2.05) is 32.3 Å². The lowest BCUT2D eigenvalue weighted by molar-refractivity contribution is -0.120. The summed E-state index contributed by atoms with van der Waals surface area (Å²) in [6, 6.07) is 5.77. The molecule has 6 heteroatoms. The predicted molar refractivity (Wildman–Crippen MR) is 125 cm³/mol. The summed E-state index contributed by atoms with van der Waals surface area (Å²) in [5.74, 6) is 0.00788. The Morgan fingerprint density at radius 2 is 1.87 bits per heavy atom. The number of hydrogen-bond donors (Lipinski definition) is 2. The van der Waals surface area contributed by atoms with Gasteiger partial charge in [0, 0.05) is 36.9 Å². The SMILES string of the molecule is CCCC[C@@H](CC)C(=O)Nc1ccc(N2CCCC2)c(C(=O)NCCCN(C)C)c1. The fourth-order valence-electron chi connectivity index (χ4n) is 3.94. The van der Waals surface area contributed by atoms with Crippen LogP contribution < -0.4 is 15.5 Å². The molecule has 2 rings (SSSR count). The molecule has 1 atom stereocenters. The molecule has 1 aliphatic rings. The lowest BCUT2D eigenvalue weighted by Gasteiger charge is -2.22. The van der Waals surface area contributed by atoms with Crippen molar-refractivity contribution >= 4 is 23.2 Å². The van der Waals surface area contributed by atoms with Crippen LogP contribution in [0.5, 0.6) is 0 Å². The van der Waals surface area contributed by atoms with Gasteiger partial charge in [0.05, 0.1) is 5.56 Å². The lowest BCUT2D eigenvalue weighted by Crippen LogP contribution is -2.30. The van der Waals surface area contributed by atoms with Gasteiger partial charge in [-0.05, 0) is 70.9 Å². The monoisotopic (exact) mass is 416 g/mol. The Morgan fingerprint density at radius 3 is 2.50 bits per heavy atom. The van der Waals surface area contributed by atoms with E-state index < -0.39 is 0 Å². The summed E-state index contributed by atoms with van der Waals surface area (Å²) in [4.78, 5) is 30.1. The van der Waals surface area contributed by atoms with Crippen LogP contribution in [0, 0.1) is 5.92 Å². The molecule has 1 aromatic rings. The molecule has 0 aliphatic carbocycles. The number of amides is 2. The summed E-state index contributed by atoms with van der Waals surface area (Å²) in [7, 11) is 4.06. The van der Waals surface area contributed by atoms with Gasteiger partial charge in [0.25, 0.3) is 5.91 Å². The van der Waals surface area contributed by atoms with Gasteiger partial charge in [0.15, 0.2) is 0 Å². The van der Waals surface area contributed by atoms with Crippen LogP contribution in [-0.2, 0) is 4.79 Å². The van der Waals surface area contributed by atoms with Crippen LogP contribution in [0.25, 0.3) is 0 Å². The number of rotatable bonds is 12. The third kappa shape index (κ3) is 7.31. The van der Waals surface area contributed by atoms with Gasteiger partial charge in [-0.15, -0.1) is 0 Å². The Balaban J connectivity index is 2.13. The third-order valence-corrected chi connectivity index (χ3v) is 5.79. The van der Waals surface area contributed by atoms with Crippen molar-refractivity contribution in [2.24, 2.45) is 5.92 Å². The van der Waals surface area contributed by atoms with Crippen LogP contribution in [-0.4, -0.2) is 57.0 Å². The van der Waals surface area contributed by atoms with Crippen LogP contribution >= 0.6 is 0 Å². The molecule has 1 fully saturated rings. The van der Waals surface area contributed by atoms with Crippen LogP contribution in [0.4, 0.5) is 11.4 Å². The molecule has 2 amide bonds. The first kappa shape index (κ1) is 24.2. The minimum Gasteiger partial charge on any atom is -0.371 e. The zero-order chi connectivity index (χ0) is 21.9. The van der Waals surface area contributed by atoms with Crippen molar-refractivity contribution in [1.29, 1.82) is 0 Å². The number of hydrogen-bond acceptors (Lipinski definition) is 4. The van der Waals surface area contributed by atoms with E-state index in [4.69, 9.17) is 0 Å². The average molecular weight is 417 g/mol. The van der Waals surface area contributed by atoms with Gasteiger partial charge in [0.2, 0.25) is 5.91 Å². The lowest BCUT2D eigenvalue weighted by atomic mass is 9.98. The second kappa shape index (κ2) is 12.6. The molecule has 0 unspecified atom stereocenters. The molecular weight excluding hydrogens is 376 g/mol. The topological polar surface area (TPSA) is 64.7 Å². The van der Waals surface area contributed by atoms with E-state index in [1.165, 1.54) is 0 Å². The predicted octanol–water partition coefficient (Wildman–Crippen LogP) is 4.12. The number of carbonyl (C=O) groups excluding carboxylic acids is 2. The molecule has 2 N–H and O–H groups in total. The van der Waals surface area contributed by atoms with E-state index in [-0.39, 0.29) is 17.7 Å². The van der Waals surface area contributed by atoms with Crippen molar-refractivity contribution in [2.75, 3.05) is 50.5 Å². The zero-order valence-electron chi connectivity index (χ0n) is 19.3. The average Bonchev–Trinajstić information content (AvgIpc) is 3.26. The van der Waals surface area contributed by atoms with Gasteiger partial charge < -0.3 is 20.4 Å². The smallest absolute Gasteiger partial charge is 0.253 e. The van der Waals surface area contributed by atoms with Gasteiger partial charge in [0.1, 0.15) is 0 Å². The molecule has 0 spiro atoms. The zero-order valence-corrected chi connectivity index (χ0v) is 19.3. The first-order chi connectivity index (χ1) is 14.5. The fraction of sp³-hybridized carbons (Fsp3) is 0.667. The highest BCUT2D eigenvalue weighted by Gasteiger charge is 2.21. The van der Waals surface area contributed by atoms with Gasteiger partial charge in [-0.3, -0.25) is 9.59 Å². The summed E-state index contributed by atoms with van der Waals surface area (Å²) < 4.78 is 0. The molecule has 1 aliphatic heterocycles. The Morgan fingerprint density at radius 1 is 1.13 bits per heavy atom. The highest BCUT2D eigenvalue weighted by Crippen LogP contribution is 2.28. The largest absolute Gasteiger partial charge is 0.371 e. The van der Waals surface area contributed by atoms with Gasteiger partial charge in [-0.2, -0.15) is 0 Å². The molecule has 0 aromatic heterocycles. The molecular formula is C24H40N4O2. The third-order valence-electron chi connectivity index (χ3n) is 5.79. The number of nitrogens with one attached hydrogen (secondary N) is 2. The van der Waals surface area contributed by atoms with Gasteiger partial charge >= 0.3 is 0 Å². The quantitative estimate of drug-likeness (QED) is 0.503. The molecule has 1 heterocycles. The summed E-state index contributed by atoms with van der Waals surface area (Å²) >= 11 is 0. The number of anilines is 2. The molecule has 168 valence electrons. The molecule has 0 bridgehead atoms. The molecule has 30 heavy (non-hydrogen) atoms. The highest BCUT2D eigenvalue weighted by molar-refractivity contribution is 6.02. The molecule has 6 nitrogen and oxygen atoms in total. The van der Waals surface area contributed by atoms with E-state index in [0.717, 1.165) is 70.3 Å². The summed E-state index contributed by atoms with van der Waals surface area (Å²) in [5, 5.41) is 6.11. The standard InChI is InChI=1S/C24H40N4O2/c1-5-7-11-19(6-2)23(29)26-20-12-13-22(28-16-8-9-17-28)21(18-20)24(30)25-14-10-15-27(3)4/h12-13,18-19H,5-11,14-17H2,1-4H3,(H,25,30)(H,26,29)/t19-/m1/s1. The maximum Gasteiger partial charge on any atom is 0.253 e. The first-order valence-electron chi connectivity index (χ1n) is 11.6. The summed E-state index contributed by atoms with van der Waals surface area (Å²) in [6.07, 6.45) is 7.09. The molecule has 1 aromatic carbocycles. The minimum absolute atomic E-state index is 0.0199. The van der Waals surface area contributed by atoms with Crippen LogP contribution in [0.1, 0.15) is 69.2 Å². The van der Waals surface area contributed by atoms with E-state index in [2.05, 4.69) is 34.3 Å². The van der Waals surface area contributed by atoms with E-state index in [9.17, 15) is 9.59 Å². The van der Waals surface area contributed by atoms with Crippen LogP contribution in [0.3, 0.4) is 0 Å². The fourth-order valence-corrected chi connectivity index (χ4v) is 3.94. The number of unbranched alkanes of at least 4 members (excludes halogenated alkanes) is 1. The van der Waals surface area contributed by atoms with Crippen molar-refractivity contribution in [2.45, 2.75) is 58.8 Å². The minimum atomic E-state index is -0.0650. The number of benzene rings is 1. The van der Waals surface area contributed by atoms with Gasteiger partial charge in [-0.25, -0.2) is 0 Å². The Labute approximate surface area is 182 Å². The molecule has 0 radical (unpaired) electrons. The summed E-state index contributed by atoms with van der Waals surface area (Å²) in [5.41, 5.74) is 2.33. The maximum atomic E-state index is 13.0. The number of carbonyl (C=O) groups is 2. The highest BCUT2D eigenvalue weighted by atomic mass is 16.2. The van der Waals surface area contributed by atoms with Crippen molar-refractivity contribution in [1.82, 2.24) is 10.2 Å².